The average Bonchev–Trinajstić information content (AvgIpc) is 2.61. The van der Waals surface area contributed by atoms with E-state index in [4.69, 9.17) is 21.3 Å². The summed E-state index contributed by atoms with van der Waals surface area (Å²) in [6.45, 7) is 1.36. The van der Waals surface area contributed by atoms with Crippen LogP contribution >= 0.6 is 0 Å². The molecule has 0 spiro atoms. The predicted molar refractivity (Wildman–Crippen MR) is 62.6 cm³/mol. The van der Waals surface area contributed by atoms with Crippen LogP contribution in [0.5, 0.6) is 0 Å². The van der Waals surface area contributed by atoms with Crippen LogP contribution in [-0.4, -0.2) is 44.6 Å². The van der Waals surface area contributed by atoms with Gasteiger partial charge in [0.1, 0.15) is 18.0 Å². The number of nitrogen functional groups attached to an aromatic ring is 1. The Labute approximate surface area is 103 Å². The van der Waals surface area contributed by atoms with E-state index in [1.165, 1.54) is 6.20 Å². The predicted octanol–water partition coefficient (Wildman–Crippen LogP) is -2.29. The normalized spacial score (nSPS) is 31.8. The number of hydrogen-bond donors (Lipinski definition) is 4. The molecule has 2 rings (SSSR count). The van der Waals surface area contributed by atoms with Crippen LogP contribution in [0, 0.1) is 6.92 Å². The zero-order valence-corrected chi connectivity index (χ0v) is 9.85. The molecule has 4 atom stereocenters. The first-order chi connectivity index (χ1) is 8.45. The molecule has 8 heteroatoms. The van der Waals surface area contributed by atoms with Crippen molar-refractivity contribution in [3.05, 3.63) is 22.2 Å². The number of nitrogens with two attached hydrogens (primary N) is 2. The molecular formula is C10H16N4O4. The molecular weight excluding hydrogens is 240 g/mol. The van der Waals surface area contributed by atoms with Gasteiger partial charge in [-0.15, -0.1) is 0 Å². The van der Waals surface area contributed by atoms with Crippen LogP contribution < -0.4 is 17.2 Å². The molecule has 0 saturated carbocycles. The molecule has 100 valence electrons. The Hall–Kier alpha value is -1.48. The number of aryl methyl sites for hydroxylation is 1. The summed E-state index contributed by atoms with van der Waals surface area (Å²) < 4.78 is 6.48. The molecule has 0 aromatic carbocycles. The topological polar surface area (TPSA) is 137 Å². The fraction of sp³-hybridized carbons (Fsp3) is 0.600. The van der Waals surface area contributed by atoms with Gasteiger partial charge in [-0.2, -0.15) is 4.98 Å². The average molecular weight is 256 g/mol. The third-order valence-corrected chi connectivity index (χ3v) is 3.06. The molecule has 0 radical (unpaired) electrons. The zero-order chi connectivity index (χ0) is 13.4. The largest absolute Gasteiger partial charge is 0.394 e. The van der Waals surface area contributed by atoms with Crippen molar-refractivity contribution >= 4 is 5.82 Å². The fourth-order valence-electron chi connectivity index (χ4n) is 1.92. The fourth-order valence-corrected chi connectivity index (χ4v) is 1.92. The number of anilines is 1. The molecule has 2 heterocycles. The summed E-state index contributed by atoms with van der Waals surface area (Å²) in [4.78, 5) is 15.3. The molecule has 8 nitrogen and oxygen atoms in total. The van der Waals surface area contributed by atoms with Crippen molar-refractivity contribution in [2.24, 2.45) is 5.73 Å². The molecule has 6 N–H and O–H groups in total. The SMILES string of the molecule is Cc1cn(C2OC(CO)C(N)C2O)c(=O)nc1N. The number of aliphatic hydroxyl groups excluding tert-OH is 2. The van der Waals surface area contributed by atoms with Crippen LogP contribution in [0.1, 0.15) is 11.8 Å². The molecule has 18 heavy (non-hydrogen) atoms. The van der Waals surface area contributed by atoms with Gasteiger partial charge in [0.05, 0.1) is 12.6 Å². The first kappa shape index (κ1) is 13.0. The Morgan fingerprint density at radius 1 is 1.61 bits per heavy atom. The second kappa shape index (κ2) is 4.65. The van der Waals surface area contributed by atoms with Gasteiger partial charge in [-0.05, 0) is 6.92 Å². The van der Waals surface area contributed by atoms with Crippen molar-refractivity contribution in [2.75, 3.05) is 12.3 Å². The maximum Gasteiger partial charge on any atom is 0.351 e. The summed E-state index contributed by atoms with van der Waals surface area (Å²) in [7, 11) is 0. The van der Waals surface area contributed by atoms with Crippen molar-refractivity contribution < 1.29 is 14.9 Å². The number of aliphatic hydroxyl groups is 2. The van der Waals surface area contributed by atoms with E-state index in [0.717, 1.165) is 4.57 Å². The molecule has 1 aliphatic rings. The lowest BCUT2D eigenvalue weighted by Gasteiger charge is -2.18. The Kier molecular flexibility index (Phi) is 3.35. The maximum atomic E-state index is 11.7. The third-order valence-electron chi connectivity index (χ3n) is 3.06. The van der Waals surface area contributed by atoms with Gasteiger partial charge >= 0.3 is 5.69 Å². The number of aromatic nitrogens is 2. The van der Waals surface area contributed by atoms with Gasteiger partial charge in [-0.3, -0.25) is 4.57 Å². The summed E-state index contributed by atoms with van der Waals surface area (Å²) in [5.74, 6) is 0.131. The highest BCUT2D eigenvalue weighted by molar-refractivity contribution is 5.35. The Balaban J connectivity index is 2.39. The summed E-state index contributed by atoms with van der Waals surface area (Å²) in [5, 5.41) is 19.0. The first-order valence-electron chi connectivity index (χ1n) is 5.51. The zero-order valence-electron chi connectivity index (χ0n) is 9.85. The van der Waals surface area contributed by atoms with E-state index < -0.39 is 30.2 Å². The molecule has 0 amide bonds. The van der Waals surface area contributed by atoms with E-state index in [0.29, 0.717) is 5.56 Å². The van der Waals surface area contributed by atoms with Gasteiger partial charge in [0.2, 0.25) is 0 Å². The minimum absolute atomic E-state index is 0.131. The number of rotatable bonds is 2. The van der Waals surface area contributed by atoms with E-state index >= 15 is 0 Å². The molecule has 1 saturated heterocycles. The number of hydrogen-bond acceptors (Lipinski definition) is 7. The highest BCUT2D eigenvalue weighted by atomic mass is 16.5. The second-order valence-corrected chi connectivity index (χ2v) is 4.31. The van der Waals surface area contributed by atoms with Crippen molar-refractivity contribution in [2.45, 2.75) is 31.4 Å². The highest BCUT2D eigenvalue weighted by Crippen LogP contribution is 2.27. The van der Waals surface area contributed by atoms with Gasteiger partial charge in [0.15, 0.2) is 6.23 Å². The monoisotopic (exact) mass is 256 g/mol. The lowest BCUT2D eigenvalue weighted by atomic mass is 10.1. The minimum atomic E-state index is -1.09. The summed E-state index contributed by atoms with van der Waals surface area (Å²) in [5.41, 5.74) is 11.2. The Bertz CT molecular complexity index is 503. The van der Waals surface area contributed by atoms with Crippen molar-refractivity contribution in [3.63, 3.8) is 0 Å². The van der Waals surface area contributed by atoms with Crippen LogP contribution in [0.15, 0.2) is 11.0 Å². The molecule has 1 aromatic heterocycles. The lowest BCUT2D eigenvalue weighted by Crippen LogP contribution is -2.42. The highest BCUT2D eigenvalue weighted by Gasteiger charge is 2.42. The summed E-state index contributed by atoms with van der Waals surface area (Å²) >= 11 is 0. The summed E-state index contributed by atoms with van der Waals surface area (Å²) in [6.07, 6.45) is -1.32. The van der Waals surface area contributed by atoms with Crippen LogP contribution in [0.25, 0.3) is 0 Å². The first-order valence-corrected chi connectivity index (χ1v) is 5.51. The van der Waals surface area contributed by atoms with Crippen LogP contribution in [0.4, 0.5) is 5.82 Å². The number of nitrogens with zero attached hydrogens (tertiary/aromatic N) is 2. The molecule has 1 fully saturated rings. The van der Waals surface area contributed by atoms with E-state index in [-0.39, 0.29) is 12.4 Å². The third kappa shape index (κ3) is 1.99. The Morgan fingerprint density at radius 3 is 2.83 bits per heavy atom. The molecule has 0 aliphatic carbocycles. The van der Waals surface area contributed by atoms with Crippen molar-refractivity contribution in [1.29, 1.82) is 0 Å². The van der Waals surface area contributed by atoms with Gasteiger partial charge in [0, 0.05) is 11.8 Å². The van der Waals surface area contributed by atoms with E-state index in [1.807, 2.05) is 0 Å². The quantitative estimate of drug-likeness (QED) is 0.467. The van der Waals surface area contributed by atoms with Gasteiger partial charge in [-0.25, -0.2) is 4.79 Å². The molecule has 0 bridgehead atoms. The smallest absolute Gasteiger partial charge is 0.351 e. The minimum Gasteiger partial charge on any atom is -0.394 e. The molecule has 1 aliphatic heterocycles. The number of ether oxygens (including phenoxy) is 1. The maximum absolute atomic E-state index is 11.7. The Morgan fingerprint density at radius 2 is 2.28 bits per heavy atom. The van der Waals surface area contributed by atoms with E-state index in [2.05, 4.69) is 4.98 Å². The molecule has 4 unspecified atom stereocenters. The van der Waals surface area contributed by atoms with Crippen LogP contribution in [-0.2, 0) is 4.74 Å². The van der Waals surface area contributed by atoms with Crippen molar-refractivity contribution in [3.8, 4) is 0 Å². The lowest BCUT2D eigenvalue weighted by molar-refractivity contribution is -0.0531. The van der Waals surface area contributed by atoms with Gasteiger partial charge in [-0.1, -0.05) is 0 Å². The van der Waals surface area contributed by atoms with Crippen LogP contribution in [0.3, 0.4) is 0 Å². The van der Waals surface area contributed by atoms with E-state index in [1.54, 1.807) is 6.92 Å². The van der Waals surface area contributed by atoms with Gasteiger partial charge < -0.3 is 26.4 Å². The second-order valence-electron chi connectivity index (χ2n) is 4.31. The van der Waals surface area contributed by atoms with E-state index in [9.17, 15) is 9.90 Å². The van der Waals surface area contributed by atoms with Crippen molar-refractivity contribution in [1.82, 2.24) is 9.55 Å². The molecule has 1 aromatic rings. The standard InChI is InChI=1S/C10H16N4O4/c1-4-2-14(10(17)13-8(4)12)9-7(16)6(11)5(3-15)18-9/h2,5-7,9,15-16H,3,11H2,1H3,(H2,12,13,17). The van der Waals surface area contributed by atoms with Crippen LogP contribution in [0.2, 0.25) is 0 Å². The van der Waals surface area contributed by atoms with Gasteiger partial charge in [0.25, 0.3) is 0 Å². The summed E-state index contributed by atoms with van der Waals surface area (Å²) in [6, 6.07) is -0.759.